The lowest BCUT2D eigenvalue weighted by Gasteiger charge is -2.16. The lowest BCUT2D eigenvalue weighted by atomic mass is 10.0. The van der Waals surface area contributed by atoms with E-state index in [4.69, 9.17) is 10.2 Å². The van der Waals surface area contributed by atoms with E-state index in [0.717, 1.165) is 36.2 Å². The number of alkyl halides is 1. The van der Waals surface area contributed by atoms with Crippen molar-refractivity contribution >= 4 is 23.9 Å². The van der Waals surface area contributed by atoms with Crippen LogP contribution in [0, 0.1) is 0 Å². The third-order valence-corrected chi connectivity index (χ3v) is 6.14. The second-order valence-corrected chi connectivity index (χ2v) is 8.84. The van der Waals surface area contributed by atoms with E-state index >= 15 is 0 Å². The summed E-state index contributed by atoms with van der Waals surface area (Å²) in [6.07, 6.45) is 5.64. The van der Waals surface area contributed by atoms with Crippen LogP contribution in [-0.4, -0.2) is 66.9 Å². The predicted octanol–water partition coefficient (Wildman–Crippen LogP) is 2.79. The van der Waals surface area contributed by atoms with Gasteiger partial charge >= 0.3 is 11.9 Å². The molecule has 188 valence electrons. The Hall–Kier alpha value is -2.54. The maximum absolute atomic E-state index is 12.3. The van der Waals surface area contributed by atoms with Crippen molar-refractivity contribution in [1.82, 2.24) is 25.2 Å². The first-order valence-electron chi connectivity index (χ1n) is 11.2. The van der Waals surface area contributed by atoms with Crippen molar-refractivity contribution in [1.29, 1.82) is 0 Å². The van der Waals surface area contributed by atoms with Crippen LogP contribution in [-0.2, 0) is 22.4 Å². The number of hydrogen-bond donors (Lipinski definition) is 5. The minimum atomic E-state index is -1.09. The van der Waals surface area contributed by atoms with Gasteiger partial charge in [0.05, 0.1) is 24.3 Å². The number of hydrogen-bond acceptors (Lipinski definition) is 8. The molecule has 0 amide bonds. The van der Waals surface area contributed by atoms with Gasteiger partial charge in [0, 0.05) is 18.2 Å². The van der Waals surface area contributed by atoms with E-state index < -0.39 is 18.0 Å². The molecular formula is C22H32FN5O5S. The Balaban J connectivity index is 1.69. The summed E-state index contributed by atoms with van der Waals surface area (Å²) >= 11 is 1.21. The average Bonchev–Trinajstić information content (AvgIpc) is 3.30. The molecule has 1 aromatic carbocycles. The molecular weight excluding hydrogens is 465 g/mol. The molecule has 0 spiro atoms. The van der Waals surface area contributed by atoms with E-state index in [0.29, 0.717) is 25.0 Å². The third-order valence-electron chi connectivity index (χ3n) is 5.25. The molecule has 2 aromatic rings. The SMILES string of the molecule is O=C(O)CC[C@H](NSCCC(CCCc1ccc(-n2cc(CCCF)nn2)cc1)NO)C(=O)O. The van der Waals surface area contributed by atoms with Gasteiger partial charge in [-0.25, -0.2) is 10.2 Å². The summed E-state index contributed by atoms with van der Waals surface area (Å²) in [6, 6.07) is 6.88. The topological polar surface area (TPSA) is 150 Å². The number of rotatable bonds is 18. The van der Waals surface area contributed by atoms with Crippen molar-refractivity contribution in [3.8, 4) is 5.69 Å². The zero-order valence-corrected chi connectivity index (χ0v) is 19.7. The Morgan fingerprint density at radius 2 is 1.85 bits per heavy atom. The molecule has 2 rings (SSSR count). The number of nitrogens with one attached hydrogen (secondary N) is 2. The molecule has 12 heteroatoms. The summed E-state index contributed by atoms with van der Waals surface area (Å²) in [6.45, 7) is -0.371. The summed E-state index contributed by atoms with van der Waals surface area (Å²) < 4.78 is 16.8. The average molecular weight is 498 g/mol. The summed E-state index contributed by atoms with van der Waals surface area (Å²) in [4.78, 5) is 21.8. The summed E-state index contributed by atoms with van der Waals surface area (Å²) in [5.74, 6) is -1.55. The molecule has 5 N–H and O–H groups in total. The van der Waals surface area contributed by atoms with Crippen LogP contribution in [0.25, 0.3) is 5.69 Å². The first kappa shape index (κ1) is 27.7. The number of nitrogens with zero attached hydrogens (tertiary/aromatic N) is 3. The van der Waals surface area contributed by atoms with Crippen LogP contribution in [0.2, 0.25) is 0 Å². The Morgan fingerprint density at radius 1 is 1.09 bits per heavy atom. The fraction of sp³-hybridized carbons (Fsp3) is 0.545. The van der Waals surface area contributed by atoms with Gasteiger partial charge in [-0.1, -0.05) is 29.3 Å². The Morgan fingerprint density at radius 3 is 2.50 bits per heavy atom. The standard InChI is InChI=1S/C22H32FN5O5S/c23-13-2-5-18-15-28(27-24-18)19-8-6-16(7-9-19)3-1-4-17(25-33)12-14-34-26-20(22(31)32)10-11-21(29)30/h6-9,15,17,20,25-26,33H,1-5,10-14H2,(H,29,30)(H,31,32)/t17?,20-/m0/s1. The van der Waals surface area contributed by atoms with Gasteiger partial charge in [-0.15, -0.1) is 5.10 Å². The summed E-state index contributed by atoms with van der Waals surface area (Å²) in [5, 5.41) is 35.4. The number of carboxylic acids is 2. The van der Waals surface area contributed by atoms with Crippen LogP contribution >= 0.6 is 11.9 Å². The highest BCUT2D eigenvalue weighted by molar-refractivity contribution is 7.97. The van der Waals surface area contributed by atoms with Crippen LogP contribution in [0.3, 0.4) is 0 Å². The number of carbonyl (C=O) groups is 2. The van der Waals surface area contributed by atoms with Crippen molar-refractivity contribution in [2.75, 3.05) is 12.4 Å². The predicted molar refractivity (Wildman–Crippen MR) is 126 cm³/mol. The van der Waals surface area contributed by atoms with Gasteiger partial charge in [-0.05, 0) is 62.6 Å². The Kier molecular flexibility index (Phi) is 12.5. The second-order valence-electron chi connectivity index (χ2n) is 7.91. The molecule has 1 unspecified atom stereocenters. The van der Waals surface area contributed by atoms with Crippen LogP contribution in [0.4, 0.5) is 4.39 Å². The molecule has 0 aliphatic carbocycles. The molecule has 0 bridgehead atoms. The van der Waals surface area contributed by atoms with Crippen molar-refractivity contribution in [2.24, 2.45) is 0 Å². The normalized spacial score (nSPS) is 13.0. The highest BCUT2D eigenvalue weighted by atomic mass is 32.2. The number of carboxylic acid groups (broad SMARTS) is 2. The molecule has 0 saturated heterocycles. The van der Waals surface area contributed by atoms with Gasteiger partial charge in [0.25, 0.3) is 0 Å². The van der Waals surface area contributed by atoms with E-state index in [2.05, 4.69) is 20.5 Å². The highest BCUT2D eigenvalue weighted by Crippen LogP contribution is 2.14. The van der Waals surface area contributed by atoms with Crippen LogP contribution in [0.1, 0.15) is 49.8 Å². The minimum absolute atomic E-state index is 0.00928. The first-order valence-corrected chi connectivity index (χ1v) is 12.2. The van der Waals surface area contributed by atoms with Gasteiger partial charge in [0.1, 0.15) is 6.04 Å². The lowest BCUT2D eigenvalue weighted by molar-refractivity contribution is -0.140. The highest BCUT2D eigenvalue weighted by Gasteiger charge is 2.18. The maximum atomic E-state index is 12.3. The largest absolute Gasteiger partial charge is 0.481 e. The van der Waals surface area contributed by atoms with E-state index in [1.165, 1.54) is 11.9 Å². The second kappa shape index (κ2) is 15.4. The van der Waals surface area contributed by atoms with Gasteiger partial charge in [-0.3, -0.25) is 18.7 Å². The van der Waals surface area contributed by atoms with Crippen LogP contribution in [0.15, 0.2) is 30.5 Å². The molecule has 1 heterocycles. The zero-order valence-electron chi connectivity index (χ0n) is 18.9. The monoisotopic (exact) mass is 497 g/mol. The number of benzene rings is 1. The summed E-state index contributed by atoms with van der Waals surface area (Å²) in [7, 11) is 0. The van der Waals surface area contributed by atoms with Crippen molar-refractivity contribution in [2.45, 2.75) is 63.5 Å². The Bertz CT molecular complexity index is 883. The van der Waals surface area contributed by atoms with Gasteiger partial charge < -0.3 is 15.4 Å². The van der Waals surface area contributed by atoms with Gasteiger partial charge in [0.15, 0.2) is 0 Å². The molecule has 2 atom stereocenters. The summed E-state index contributed by atoms with van der Waals surface area (Å²) in [5.41, 5.74) is 5.10. The molecule has 34 heavy (non-hydrogen) atoms. The lowest BCUT2D eigenvalue weighted by Crippen LogP contribution is -2.33. The smallest absolute Gasteiger partial charge is 0.321 e. The quantitative estimate of drug-likeness (QED) is 0.118. The number of hydroxylamine groups is 1. The molecule has 0 saturated carbocycles. The number of aromatic nitrogens is 3. The molecule has 0 aliphatic rings. The number of aliphatic carboxylic acids is 2. The van der Waals surface area contributed by atoms with Gasteiger partial charge in [-0.2, -0.15) is 0 Å². The van der Waals surface area contributed by atoms with E-state index in [1.807, 2.05) is 24.3 Å². The Labute approximate surface area is 202 Å². The van der Waals surface area contributed by atoms with E-state index in [-0.39, 0.29) is 25.6 Å². The maximum Gasteiger partial charge on any atom is 0.321 e. The molecule has 0 fully saturated rings. The van der Waals surface area contributed by atoms with E-state index in [9.17, 15) is 19.2 Å². The van der Waals surface area contributed by atoms with Crippen molar-refractivity contribution in [3.05, 3.63) is 41.7 Å². The fourth-order valence-electron chi connectivity index (χ4n) is 3.29. The van der Waals surface area contributed by atoms with Crippen molar-refractivity contribution < 1.29 is 29.4 Å². The fourth-order valence-corrected chi connectivity index (χ4v) is 4.23. The van der Waals surface area contributed by atoms with Crippen molar-refractivity contribution in [3.63, 3.8) is 0 Å². The van der Waals surface area contributed by atoms with Crippen LogP contribution in [0.5, 0.6) is 0 Å². The third kappa shape index (κ3) is 10.2. The van der Waals surface area contributed by atoms with Crippen LogP contribution < -0.4 is 10.2 Å². The molecule has 0 aliphatic heterocycles. The molecule has 0 radical (unpaired) electrons. The minimum Gasteiger partial charge on any atom is -0.481 e. The zero-order chi connectivity index (χ0) is 24.8. The van der Waals surface area contributed by atoms with Gasteiger partial charge in [0.2, 0.25) is 0 Å². The molecule has 1 aromatic heterocycles. The molecule has 10 nitrogen and oxygen atoms in total. The van der Waals surface area contributed by atoms with E-state index in [1.54, 1.807) is 10.9 Å². The number of halogens is 1. The first-order chi connectivity index (χ1) is 16.4. The number of aryl methyl sites for hydroxylation is 2.